The van der Waals surface area contributed by atoms with Crippen molar-refractivity contribution in [2.75, 3.05) is 53.0 Å². The van der Waals surface area contributed by atoms with Gasteiger partial charge in [-0.3, -0.25) is 9.69 Å². The van der Waals surface area contributed by atoms with Gasteiger partial charge in [-0.05, 0) is 24.8 Å². The number of benzene rings is 1. The first-order valence-electron chi connectivity index (χ1n) is 10.3. The lowest BCUT2D eigenvalue weighted by atomic mass is 9.95. The number of carbonyl (C=O) groups is 3. The van der Waals surface area contributed by atoms with E-state index in [0.29, 0.717) is 12.5 Å². The van der Waals surface area contributed by atoms with Gasteiger partial charge in [0.15, 0.2) is 0 Å². The molecule has 2 aliphatic heterocycles. The van der Waals surface area contributed by atoms with Crippen molar-refractivity contribution in [3.63, 3.8) is 0 Å². The molecule has 1 aromatic carbocycles. The van der Waals surface area contributed by atoms with E-state index in [9.17, 15) is 4.79 Å². The molecule has 9 heteroatoms. The number of hydrogen-bond acceptors (Lipinski definition) is 6. The van der Waals surface area contributed by atoms with Crippen molar-refractivity contribution < 1.29 is 34.1 Å². The first kappa shape index (κ1) is 24.4. The first-order chi connectivity index (χ1) is 14.9. The number of carbonyl (C=O) groups excluding carboxylic acids is 1. The Balaban J connectivity index is 0.000000501. The Kier molecular flexibility index (Phi) is 9.99. The predicted molar refractivity (Wildman–Crippen MR) is 114 cm³/mol. The van der Waals surface area contributed by atoms with E-state index in [-0.39, 0.29) is 5.91 Å². The molecule has 0 saturated carbocycles. The highest BCUT2D eigenvalue weighted by molar-refractivity contribution is 6.27. The van der Waals surface area contributed by atoms with Gasteiger partial charge in [-0.1, -0.05) is 30.4 Å². The fourth-order valence-corrected chi connectivity index (χ4v) is 3.44. The number of nitrogens with zero attached hydrogens (tertiary/aromatic N) is 2. The number of aliphatic carboxylic acids is 2. The van der Waals surface area contributed by atoms with Crippen molar-refractivity contribution in [3.8, 4) is 5.75 Å². The van der Waals surface area contributed by atoms with Gasteiger partial charge in [0.1, 0.15) is 5.75 Å². The van der Waals surface area contributed by atoms with Gasteiger partial charge in [0.2, 0.25) is 5.91 Å². The van der Waals surface area contributed by atoms with Gasteiger partial charge in [-0.15, -0.1) is 0 Å². The van der Waals surface area contributed by atoms with Crippen LogP contribution in [0, 0.1) is 5.92 Å². The summed E-state index contributed by atoms with van der Waals surface area (Å²) < 4.78 is 10.7. The smallest absolute Gasteiger partial charge is 0.414 e. The SMILES string of the molecule is COc1ccccc1/C=C/C1CCN(C(=O)CN2CCOCC2)CC1.O=C(O)C(=O)O. The molecule has 2 heterocycles. The minimum atomic E-state index is -1.82. The van der Waals surface area contributed by atoms with E-state index in [1.807, 2.05) is 23.1 Å². The lowest BCUT2D eigenvalue weighted by Crippen LogP contribution is -2.46. The summed E-state index contributed by atoms with van der Waals surface area (Å²) in [4.78, 5) is 34.9. The third kappa shape index (κ3) is 8.39. The van der Waals surface area contributed by atoms with Crippen LogP contribution in [0.3, 0.4) is 0 Å². The van der Waals surface area contributed by atoms with Crippen LogP contribution >= 0.6 is 0 Å². The van der Waals surface area contributed by atoms with Gasteiger partial charge in [-0.25, -0.2) is 9.59 Å². The Morgan fingerprint density at radius 3 is 2.26 bits per heavy atom. The standard InChI is InChI=1S/C20H28N2O3.C2H2O4/c1-24-19-5-3-2-4-18(19)7-6-17-8-10-22(11-9-17)20(23)16-21-12-14-25-15-13-21;3-1(4)2(5)6/h2-7,17H,8-16H2,1H3;(H,3,4)(H,5,6)/b7-6+;. The number of ether oxygens (including phenoxy) is 2. The number of para-hydroxylation sites is 1. The van der Waals surface area contributed by atoms with Crippen LogP contribution in [0.5, 0.6) is 5.75 Å². The molecule has 2 saturated heterocycles. The van der Waals surface area contributed by atoms with E-state index >= 15 is 0 Å². The maximum atomic E-state index is 12.4. The Labute approximate surface area is 181 Å². The second kappa shape index (κ2) is 12.7. The zero-order chi connectivity index (χ0) is 22.6. The van der Waals surface area contributed by atoms with Crippen LogP contribution in [0.25, 0.3) is 6.08 Å². The molecule has 31 heavy (non-hydrogen) atoms. The number of allylic oxidation sites excluding steroid dienone is 1. The van der Waals surface area contributed by atoms with Crippen molar-refractivity contribution >= 4 is 23.9 Å². The largest absolute Gasteiger partial charge is 0.496 e. The van der Waals surface area contributed by atoms with Crippen LogP contribution in [0.4, 0.5) is 0 Å². The second-order valence-corrected chi connectivity index (χ2v) is 7.32. The zero-order valence-corrected chi connectivity index (χ0v) is 17.7. The molecule has 0 atom stereocenters. The van der Waals surface area contributed by atoms with Gasteiger partial charge in [0.25, 0.3) is 0 Å². The van der Waals surface area contributed by atoms with Crippen LogP contribution in [0.1, 0.15) is 18.4 Å². The average molecular weight is 434 g/mol. The highest BCUT2D eigenvalue weighted by Gasteiger charge is 2.23. The fraction of sp³-hybridized carbons (Fsp3) is 0.500. The van der Waals surface area contributed by atoms with Crippen LogP contribution < -0.4 is 4.74 Å². The molecular formula is C22H30N2O7. The van der Waals surface area contributed by atoms with Crippen molar-refractivity contribution in [2.24, 2.45) is 5.92 Å². The van der Waals surface area contributed by atoms with E-state index < -0.39 is 11.9 Å². The minimum absolute atomic E-state index is 0.258. The molecule has 3 rings (SSSR count). The van der Waals surface area contributed by atoms with Crippen molar-refractivity contribution in [3.05, 3.63) is 35.9 Å². The molecule has 0 radical (unpaired) electrons. The Morgan fingerprint density at radius 1 is 1.06 bits per heavy atom. The number of likely N-dealkylation sites (tertiary alicyclic amines) is 1. The van der Waals surface area contributed by atoms with Gasteiger partial charge >= 0.3 is 11.9 Å². The topological polar surface area (TPSA) is 117 Å². The third-order valence-corrected chi connectivity index (χ3v) is 5.22. The van der Waals surface area contributed by atoms with Gasteiger partial charge in [0.05, 0.1) is 26.9 Å². The van der Waals surface area contributed by atoms with Crippen LogP contribution in [-0.2, 0) is 19.1 Å². The summed E-state index contributed by atoms with van der Waals surface area (Å²) in [6.07, 6.45) is 6.47. The number of amides is 1. The summed E-state index contributed by atoms with van der Waals surface area (Å²) in [7, 11) is 1.70. The maximum Gasteiger partial charge on any atom is 0.414 e. The van der Waals surface area contributed by atoms with E-state index in [2.05, 4.69) is 23.1 Å². The summed E-state index contributed by atoms with van der Waals surface area (Å²) >= 11 is 0. The monoisotopic (exact) mass is 434 g/mol. The molecule has 0 unspecified atom stereocenters. The summed E-state index contributed by atoms with van der Waals surface area (Å²) in [6.45, 7) is 5.44. The molecule has 0 aromatic heterocycles. The van der Waals surface area contributed by atoms with Crippen molar-refractivity contribution in [1.29, 1.82) is 0 Å². The van der Waals surface area contributed by atoms with Crippen LogP contribution in [0.15, 0.2) is 30.3 Å². The number of carboxylic acids is 2. The molecule has 2 N–H and O–H groups in total. The second-order valence-electron chi connectivity index (χ2n) is 7.32. The molecule has 0 aliphatic carbocycles. The number of carboxylic acid groups (broad SMARTS) is 2. The molecular weight excluding hydrogens is 404 g/mol. The minimum Gasteiger partial charge on any atom is -0.496 e. The molecule has 9 nitrogen and oxygen atoms in total. The third-order valence-electron chi connectivity index (χ3n) is 5.22. The quantitative estimate of drug-likeness (QED) is 0.669. The lowest BCUT2D eigenvalue weighted by molar-refractivity contribution is -0.159. The summed E-state index contributed by atoms with van der Waals surface area (Å²) in [5.74, 6) is -1.96. The van der Waals surface area contributed by atoms with Crippen LogP contribution in [0.2, 0.25) is 0 Å². The van der Waals surface area contributed by atoms with Gasteiger partial charge in [0, 0.05) is 31.7 Å². The number of morpholine rings is 1. The number of methoxy groups -OCH3 is 1. The van der Waals surface area contributed by atoms with E-state index in [0.717, 1.165) is 63.5 Å². The van der Waals surface area contributed by atoms with Gasteiger partial charge in [-0.2, -0.15) is 0 Å². The van der Waals surface area contributed by atoms with Crippen molar-refractivity contribution in [2.45, 2.75) is 12.8 Å². The molecule has 1 amide bonds. The van der Waals surface area contributed by atoms with Crippen LogP contribution in [-0.4, -0.2) is 90.9 Å². The molecule has 0 spiro atoms. The van der Waals surface area contributed by atoms with E-state index in [1.54, 1.807) is 7.11 Å². The zero-order valence-electron chi connectivity index (χ0n) is 17.7. The fourth-order valence-electron chi connectivity index (χ4n) is 3.44. The number of piperidine rings is 1. The lowest BCUT2D eigenvalue weighted by Gasteiger charge is -2.33. The molecule has 2 aliphatic rings. The van der Waals surface area contributed by atoms with E-state index in [4.69, 9.17) is 29.3 Å². The Morgan fingerprint density at radius 2 is 1.68 bits per heavy atom. The van der Waals surface area contributed by atoms with Gasteiger partial charge < -0.3 is 24.6 Å². The van der Waals surface area contributed by atoms with Crippen molar-refractivity contribution in [1.82, 2.24) is 9.80 Å². The first-order valence-corrected chi connectivity index (χ1v) is 10.3. The Hall–Kier alpha value is -2.91. The summed E-state index contributed by atoms with van der Waals surface area (Å²) in [6, 6.07) is 8.05. The number of hydrogen-bond donors (Lipinski definition) is 2. The average Bonchev–Trinajstić information content (AvgIpc) is 2.79. The maximum absolute atomic E-state index is 12.4. The highest BCUT2D eigenvalue weighted by Crippen LogP contribution is 2.23. The summed E-state index contributed by atoms with van der Waals surface area (Å²) in [5, 5.41) is 14.8. The molecule has 2 fully saturated rings. The molecule has 170 valence electrons. The summed E-state index contributed by atoms with van der Waals surface area (Å²) in [5.41, 5.74) is 1.11. The number of rotatable bonds is 5. The normalized spacial score (nSPS) is 17.6. The molecule has 0 bridgehead atoms. The molecule has 1 aromatic rings. The Bertz CT molecular complexity index is 755. The predicted octanol–water partition coefficient (Wildman–Crippen LogP) is 1.43. The highest BCUT2D eigenvalue weighted by atomic mass is 16.5. The van der Waals surface area contributed by atoms with E-state index in [1.165, 1.54) is 0 Å².